The van der Waals surface area contributed by atoms with Crippen molar-refractivity contribution in [2.45, 2.75) is 20.8 Å². The summed E-state index contributed by atoms with van der Waals surface area (Å²) in [6.07, 6.45) is 0. The van der Waals surface area contributed by atoms with E-state index in [1.54, 1.807) is 0 Å². The highest BCUT2D eigenvalue weighted by Gasteiger charge is 1.98. The molecule has 0 aliphatic rings. The SMILES string of the molecule is CCOCOc1ccc(C)cc1C. The van der Waals surface area contributed by atoms with E-state index in [0.717, 1.165) is 11.3 Å². The van der Waals surface area contributed by atoms with Gasteiger partial charge in [-0.25, -0.2) is 0 Å². The van der Waals surface area contributed by atoms with Crippen LogP contribution in [0.5, 0.6) is 5.75 Å². The summed E-state index contributed by atoms with van der Waals surface area (Å²) in [5.74, 6) is 0.902. The van der Waals surface area contributed by atoms with Crippen LogP contribution in [0.1, 0.15) is 18.1 Å². The van der Waals surface area contributed by atoms with Crippen molar-refractivity contribution >= 4 is 0 Å². The zero-order valence-electron chi connectivity index (χ0n) is 8.46. The highest BCUT2D eigenvalue weighted by molar-refractivity contribution is 5.35. The number of hydrogen-bond donors (Lipinski definition) is 0. The van der Waals surface area contributed by atoms with Crippen molar-refractivity contribution < 1.29 is 9.47 Å². The number of benzene rings is 1. The fourth-order valence-corrected chi connectivity index (χ4v) is 1.15. The molecule has 0 atom stereocenters. The van der Waals surface area contributed by atoms with Crippen LogP contribution in [0.15, 0.2) is 18.2 Å². The van der Waals surface area contributed by atoms with Crippen molar-refractivity contribution in [2.75, 3.05) is 13.4 Å². The number of rotatable bonds is 4. The van der Waals surface area contributed by atoms with Gasteiger partial charge < -0.3 is 9.47 Å². The molecule has 0 bridgehead atoms. The molecular formula is C11H16O2. The van der Waals surface area contributed by atoms with Crippen LogP contribution in [0.2, 0.25) is 0 Å². The first-order valence-electron chi connectivity index (χ1n) is 4.52. The van der Waals surface area contributed by atoms with Crippen LogP contribution in [0.3, 0.4) is 0 Å². The zero-order valence-corrected chi connectivity index (χ0v) is 8.46. The van der Waals surface area contributed by atoms with Gasteiger partial charge in [-0.2, -0.15) is 0 Å². The molecule has 1 rings (SSSR count). The van der Waals surface area contributed by atoms with E-state index in [4.69, 9.17) is 9.47 Å². The van der Waals surface area contributed by atoms with E-state index in [2.05, 4.69) is 13.0 Å². The summed E-state index contributed by atoms with van der Waals surface area (Å²) in [5, 5.41) is 0. The molecule has 13 heavy (non-hydrogen) atoms. The molecule has 0 heterocycles. The summed E-state index contributed by atoms with van der Waals surface area (Å²) >= 11 is 0. The van der Waals surface area contributed by atoms with Crippen LogP contribution < -0.4 is 4.74 Å². The molecule has 72 valence electrons. The molecule has 0 aliphatic carbocycles. The molecule has 0 saturated carbocycles. The third-order valence-corrected chi connectivity index (χ3v) is 1.83. The van der Waals surface area contributed by atoms with Crippen LogP contribution in [-0.4, -0.2) is 13.4 Å². The summed E-state index contributed by atoms with van der Waals surface area (Å²) in [4.78, 5) is 0. The van der Waals surface area contributed by atoms with Gasteiger partial charge in [0.1, 0.15) is 5.75 Å². The second-order valence-corrected chi connectivity index (χ2v) is 3.02. The van der Waals surface area contributed by atoms with E-state index in [1.165, 1.54) is 5.56 Å². The van der Waals surface area contributed by atoms with E-state index in [-0.39, 0.29) is 0 Å². The topological polar surface area (TPSA) is 18.5 Å². The lowest BCUT2D eigenvalue weighted by Gasteiger charge is -2.08. The van der Waals surface area contributed by atoms with E-state index in [0.29, 0.717) is 13.4 Å². The molecule has 0 radical (unpaired) electrons. The first kappa shape index (κ1) is 10.1. The molecule has 0 amide bonds. The Bertz CT molecular complexity index is 269. The van der Waals surface area contributed by atoms with Gasteiger partial charge in [-0.3, -0.25) is 0 Å². The largest absolute Gasteiger partial charge is 0.467 e. The van der Waals surface area contributed by atoms with Crippen molar-refractivity contribution in [1.82, 2.24) is 0 Å². The molecule has 0 unspecified atom stereocenters. The van der Waals surface area contributed by atoms with Crippen LogP contribution in [0.25, 0.3) is 0 Å². The number of hydrogen-bond acceptors (Lipinski definition) is 2. The van der Waals surface area contributed by atoms with Gasteiger partial charge in [-0.1, -0.05) is 17.7 Å². The predicted octanol–water partition coefficient (Wildman–Crippen LogP) is 2.68. The maximum atomic E-state index is 5.41. The molecule has 0 aliphatic heterocycles. The summed E-state index contributed by atoms with van der Waals surface area (Å²) in [7, 11) is 0. The molecule has 0 spiro atoms. The van der Waals surface area contributed by atoms with E-state index < -0.39 is 0 Å². The normalized spacial score (nSPS) is 10.1. The standard InChI is InChI=1S/C11H16O2/c1-4-12-8-13-11-6-5-9(2)7-10(11)3/h5-7H,4,8H2,1-3H3. The second kappa shape index (κ2) is 4.87. The summed E-state index contributed by atoms with van der Waals surface area (Å²) < 4.78 is 10.5. The highest BCUT2D eigenvalue weighted by atomic mass is 16.7. The summed E-state index contributed by atoms with van der Waals surface area (Å²) in [6.45, 7) is 7.07. The van der Waals surface area contributed by atoms with Crippen LogP contribution >= 0.6 is 0 Å². The smallest absolute Gasteiger partial charge is 0.189 e. The zero-order chi connectivity index (χ0) is 9.68. The van der Waals surface area contributed by atoms with Gasteiger partial charge in [0, 0.05) is 6.61 Å². The minimum absolute atomic E-state index is 0.334. The third-order valence-electron chi connectivity index (χ3n) is 1.83. The first-order valence-corrected chi connectivity index (χ1v) is 4.52. The van der Waals surface area contributed by atoms with Gasteiger partial charge in [0.05, 0.1) is 0 Å². The summed E-state index contributed by atoms with van der Waals surface area (Å²) in [6, 6.07) is 6.11. The monoisotopic (exact) mass is 180 g/mol. The molecule has 2 nitrogen and oxygen atoms in total. The van der Waals surface area contributed by atoms with Crippen molar-refractivity contribution in [1.29, 1.82) is 0 Å². The Morgan fingerprint density at radius 1 is 1.23 bits per heavy atom. The predicted molar refractivity (Wildman–Crippen MR) is 53.0 cm³/mol. The van der Waals surface area contributed by atoms with Crippen molar-refractivity contribution in [3.8, 4) is 5.75 Å². The molecule has 2 heteroatoms. The van der Waals surface area contributed by atoms with Crippen LogP contribution in [-0.2, 0) is 4.74 Å². The van der Waals surface area contributed by atoms with E-state index in [9.17, 15) is 0 Å². The van der Waals surface area contributed by atoms with Gasteiger partial charge >= 0.3 is 0 Å². The molecule has 0 fully saturated rings. The first-order chi connectivity index (χ1) is 6.24. The molecular weight excluding hydrogens is 164 g/mol. The fraction of sp³-hybridized carbons (Fsp3) is 0.455. The quantitative estimate of drug-likeness (QED) is 0.524. The Morgan fingerprint density at radius 2 is 2.00 bits per heavy atom. The van der Waals surface area contributed by atoms with Crippen molar-refractivity contribution in [2.24, 2.45) is 0 Å². The van der Waals surface area contributed by atoms with Gasteiger partial charge in [-0.05, 0) is 32.4 Å². The van der Waals surface area contributed by atoms with Gasteiger partial charge in [-0.15, -0.1) is 0 Å². The Kier molecular flexibility index (Phi) is 3.77. The Hall–Kier alpha value is -1.02. The lowest BCUT2D eigenvalue weighted by Crippen LogP contribution is -2.03. The lowest BCUT2D eigenvalue weighted by atomic mass is 10.1. The summed E-state index contributed by atoms with van der Waals surface area (Å²) in [5.41, 5.74) is 2.40. The second-order valence-electron chi connectivity index (χ2n) is 3.02. The number of aryl methyl sites for hydroxylation is 2. The molecule has 1 aromatic rings. The molecule has 0 aromatic heterocycles. The van der Waals surface area contributed by atoms with E-state index in [1.807, 2.05) is 26.0 Å². The van der Waals surface area contributed by atoms with Gasteiger partial charge in [0.2, 0.25) is 0 Å². The average Bonchev–Trinajstić information content (AvgIpc) is 2.09. The average molecular weight is 180 g/mol. The minimum atomic E-state index is 0.334. The van der Waals surface area contributed by atoms with Gasteiger partial charge in [0.25, 0.3) is 0 Å². The minimum Gasteiger partial charge on any atom is -0.467 e. The van der Waals surface area contributed by atoms with E-state index >= 15 is 0 Å². The van der Waals surface area contributed by atoms with Gasteiger partial charge in [0.15, 0.2) is 6.79 Å². The van der Waals surface area contributed by atoms with Crippen LogP contribution in [0.4, 0.5) is 0 Å². The Labute approximate surface area is 79.5 Å². The van der Waals surface area contributed by atoms with Crippen molar-refractivity contribution in [3.63, 3.8) is 0 Å². The van der Waals surface area contributed by atoms with Crippen molar-refractivity contribution in [3.05, 3.63) is 29.3 Å². The van der Waals surface area contributed by atoms with Crippen LogP contribution in [0, 0.1) is 13.8 Å². The Balaban J connectivity index is 2.56. The fourth-order valence-electron chi connectivity index (χ4n) is 1.15. The Morgan fingerprint density at radius 3 is 2.62 bits per heavy atom. The highest BCUT2D eigenvalue weighted by Crippen LogP contribution is 2.18. The maximum absolute atomic E-state index is 5.41. The molecule has 0 saturated heterocycles. The maximum Gasteiger partial charge on any atom is 0.189 e. The lowest BCUT2D eigenvalue weighted by molar-refractivity contribution is 0.0220. The molecule has 0 N–H and O–H groups in total. The number of ether oxygens (including phenoxy) is 2. The molecule has 1 aromatic carbocycles. The third kappa shape index (κ3) is 3.07.